The fourth-order valence-electron chi connectivity index (χ4n) is 4.46. The summed E-state index contributed by atoms with van der Waals surface area (Å²) < 4.78 is 0. The number of nitrogens with zero attached hydrogens (tertiary/aromatic N) is 3. The summed E-state index contributed by atoms with van der Waals surface area (Å²) in [6.45, 7) is 6.78. The van der Waals surface area contributed by atoms with Crippen LogP contribution in [0.5, 0.6) is 0 Å². The van der Waals surface area contributed by atoms with Crippen molar-refractivity contribution in [2.75, 3.05) is 25.0 Å². The number of piperidine rings is 1. The first-order valence-corrected chi connectivity index (χ1v) is 11.3. The first-order valence-electron chi connectivity index (χ1n) is 11.3. The van der Waals surface area contributed by atoms with Gasteiger partial charge in [0.2, 0.25) is 5.56 Å². The Morgan fingerprint density at radius 2 is 2.12 bits per heavy atom. The lowest BCUT2D eigenvalue weighted by Crippen LogP contribution is -2.42. The molecule has 1 saturated heterocycles. The molecule has 1 unspecified atom stereocenters. The van der Waals surface area contributed by atoms with E-state index in [4.69, 9.17) is 5.73 Å². The first-order chi connectivity index (χ1) is 15.9. The topological polar surface area (TPSA) is 116 Å². The van der Waals surface area contributed by atoms with Gasteiger partial charge in [0.25, 0.3) is 0 Å². The van der Waals surface area contributed by atoms with Crippen LogP contribution in [0, 0.1) is 19.8 Å². The predicted molar refractivity (Wildman–Crippen MR) is 132 cm³/mol. The highest BCUT2D eigenvalue weighted by Gasteiger charge is 2.23. The number of aromatic nitrogens is 2. The van der Waals surface area contributed by atoms with E-state index in [0.717, 1.165) is 55.7 Å². The number of benzene rings is 1. The fourth-order valence-corrected chi connectivity index (χ4v) is 4.46. The van der Waals surface area contributed by atoms with Crippen molar-refractivity contribution >= 4 is 28.5 Å². The maximum Gasteiger partial charge on any atom is 0.347 e. The van der Waals surface area contributed by atoms with E-state index in [9.17, 15) is 9.59 Å². The van der Waals surface area contributed by atoms with Gasteiger partial charge >= 0.3 is 6.03 Å². The molecule has 1 aromatic carbocycles. The quantitative estimate of drug-likeness (QED) is 0.410. The van der Waals surface area contributed by atoms with Crippen molar-refractivity contribution in [3.63, 3.8) is 0 Å². The number of aromatic amines is 1. The largest absolute Gasteiger partial charge is 0.387 e. The number of anilines is 1. The molecule has 4 rings (SSSR count). The van der Waals surface area contributed by atoms with Gasteiger partial charge in [-0.3, -0.25) is 9.78 Å². The number of para-hydroxylation sites is 1. The smallest absolute Gasteiger partial charge is 0.347 e. The molecule has 3 heterocycles. The molecule has 1 aliphatic rings. The number of hydrogen-bond acceptors (Lipinski definition) is 4. The van der Waals surface area contributed by atoms with Crippen LogP contribution in [-0.2, 0) is 6.42 Å². The zero-order valence-corrected chi connectivity index (χ0v) is 19.1. The van der Waals surface area contributed by atoms with Gasteiger partial charge in [-0.25, -0.2) is 4.79 Å². The number of fused-ring (bicyclic) bond motifs is 1. The number of urea groups is 1. The van der Waals surface area contributed by atoms with Gasteiger partial charge in [-0.15, -0.1) is 0 Å². The molecule has 8 heteroatoms. The molecule has 2 amide bonds. The Hall–Kier alpha value is -3.52. The number of amidine groups is 1. The molecule has 2 aromatic heterocycles. The highest BCUT2D eigenvalue weighted by Crippen LogP contribution is 2.21. The minimum Gasteiger partial charge on any atom is -0.387 e. The predicted octanol–water partition coefficient (Wildman–Crippen LogP) is 3.38. The molecule has 172 valence electrons. The molecule has 0 saturated carbocycles. The SMILES string of the molecule is Cc1cc(C)nc(CCN2CCCC(/C(N)=N/C(=O)Nc3cccc4ccc(=O)[nH]c34)C2)c1. The molecule has 0 aliphatic carbocycles. The molecule has 8 nitrogen and oxygen atoms in total. The normalized spacial score (nSPS) is 17.3. The van der Waals surface area contributed by atoms with Crippen molar-refractivity contribution in [2.24, 2.45) is 16.6 Å². The molecule has 0 bridgehead atoms. The van der Waals surface area contributed by atoms with Crippen LogP contribution in [0.25, 0.3) is 10.9 Å². The zero-order valence-electron chi connectivity index (χ0n) is 19.1. The maximum atomic E-state index is 12.6. The third-order valence-electron chi connectivity index (χ3n) is 5.99. The van der Waals surface area contributed by atoms with Crippen LogP contribution in [-0.4, -0.2) is 46.4 Å². The van der Waals surface area contributed by atoms with Crippen LogP contribution >= 0.6 is 0 Å². The second kappa shape index (κ2) is 9.95. The molecular formula is C25H30N6O2. The molecular weight excluding hydrogens is 416 g/mol. The van der Waals surface area contributed by atoms with Gasteiger partial charge in [-0.2, -0.15) is 4.99 Å². The van der Waals surface area contributed by atoms with Gasteiger partial charge in [-0.05, 0) is 63.1 Å². The van der Waals surface area contributed by atoms with E-state index < -0.39 is 6.03 Å². The summed E-state index contributed by atoms with van der Waals surface area (Å²) in [5.41, 5.74) is 10.4. The van der Waals surface area contributed by atoms with Gasteiger partial charge in [0.15, 0.2) is 0 Å². The molecule has 1 aliphatic heterocycles. The van der Waals surface area contributed by atoms with E-state index in [2.05, 4.69) is 44.2 Å². The van der Waals surface area contributed by atoms with Crippen LogP contribution in [0.15, 0.2) is 52.3 Å². The Balaban J connectivity index is 1.38. The van der Waals surface area contributed by atoms with Crippen LogP contribution in [0.4, 0.5) is 10.5 Å². The second-order valence-corrected chi connectivity index (χ2v) is 8.73. The summed E-state index contributed by atoms with van der Waals surface area (Å²) in [6, 6.07) is 12.2. The molecule has 1 atom stereocenters. The van der Waals surface area contributed by atoms with Crippen molar-refractivity contribution in [2.45, 2.75) is 33.1 Å². The lowest BCUT2D eigenvalue weighted by Gasteiger charge is -2.32. The first kappa shape index (κ1) is 22.7. The van der Waals surface area contributed by atoms with E-state index in [1.807, 2.05) is 19.1 Å². The lowest BCUT2D eigenvalue weighted by molar-refractivity contribution is 0.205. The van der Waals surface area contributed by atoms with Crippen LogP contribution in [0.2, 0.25) is 0 Å². The zero-order chi connectivity index (χ0) is 23.4. The highest BCUT2D eigenvalue weighted by atomic mass is 16.2. The van der Waals surface area contributed by atoms with Gasteiger partial charge in [0, 0.05) is 48.3 Å². The fraction of sp³-hybridized carbons (Fsp3) is 0.360. The minimum absolute atomic E-state index is 0.0315. The minimum atomic E-state index is -0.540. The number of hydrogen-bond donors (Lipinski definition) is 3. The average Bonchev–Trinajstić information content (AvgIpc) is 2.77. The Labute approximate surface area is 192 Å². The summed E-state index contributed by atoms with van der Waals surface area (Å²) in [6.07, 6.45) is 2.79. The van der Waals surface area contributed by atoms with Crippen LogP contribution < -0.4 is 16.6 Å². The van der Waals surface area contributed by atoms with Gasteiger partial charge < -0.3 is 20.9 Å². The number of likely N-dealkylation sites (tertiary alicyclic amines) is 1. The summed E-state index contributed by atoms with van der Waals surface area (Å²) >= 11 is 0. The molecule has 1 fully saturated rings. The van der Waals surface area contributed by atoms with Crippen molar-refractivity contribution in [1.29, 1.82) is 0 Å². The number of pyridine rings is 2. The van der Waals surface area contributed by atoms with E-state index in [0.29, 0.717) is 17.0 Å². The van der Waals surface area contributed by atoms with Crippen molar-refractivity contribution in [1.82, 2.24) is 14.9 Å². The molecule has 3 aromatic rings. The molecule has 0 radical (unpaired) electrons. The Kier molecular flexibility index (Phi) is 6.84. The van der Waals surface area contributed by atoms with Gasteiger partial charge in [0.05, 0.1) is 11.2 Å². The van der Waals surface area contributed by atoms with Gasteiger partial charge in [0.1, 0.15) is 5.84 Å². The van der Waals surface area contributed by atoms with E-state index >= 15 is 0 Å². The van der Waals surface area contributed by atoms with Gasteiger partial charge in [-0.1, -0.05) is 12.1 Å². The Morgan fingerprint density at radius 3 is 2.94 bits per heavy atom. The third kappa shape index (κ3) is 5.84. The van der Waals surface area contributed by atoms with Crippen LogP contribution in [0.3, 0.4) is 0 Å². The summed E-state index contributed by atoms with van der Waals surface area (Å²) in [4.78, 5) is 38.1. The summed E-state index contributed by atoms with van der Waals surface area (Å²) in [5, 5.41) is 3.58. The monoisotopic (exact) mass is 446 g/mol. The number of nitrogens with one attached hydrogen (secondary N) is 2. The van der Waals surface area contributed by atoms with E-state index in [1.165, 1.54) is 11.6 Å². The number of nitrogens with two attached hydrogens (primary N) is 1. The number of carbonyl (C=O) groups is 1. The highest BCUT2D eigenvalue weighted by molar-refractivity contribution is 6.04. The number of amides is 2. The van der Waals surface area contributed by atoms with E-state index in [-0.39, 0.29) is 11.5 Å². The summed E-state index contributed by atoms with van der Waals surface area (Å²) in [5.74, 6) is 0.375. The number of carbonyl (C=O) groups excluding carboxylic acids is 1. The molecule has 0 spiro atoms. The van der Waals surface area contributed by atoms with Crippen molar-refractivity contribution in [3.8, 4) is 0 Å². The number of H-pyrrole nitrogens is 1. The summed E-state index contributed by atoms with van der Waals surface area (Å²) in [7, 11) is 0. The van der Waals surface area contributed by atoms with E-state index in [1.54, 1.807) is 12.1 Å². The molecule has 4 N–H and O–H groups in total. The van der Waals surface area contributed by atoms with Crippen molar-refractivity contribution in [3.05, 3.63) is 69.8 Å². The molecule has 33 heavy (non-hydrogen) atoms. The maximum absolute atomic E-state index is 12.6. The third-order valence-corrected chi connectivity index (χ3v) is 5.99. The standard InChI is InChI=1S/C25H30N6O2/c1-16-13-17(2)27-20(14-16)10-12-31-11-4-6-19(15-31)24(26)30-25(33)28-21-7-3-5-18-8-9-22(32)29-23(18)21/h3,5,7-9,13-14,19H,4,6,10-12,15H2,1-2H3,(H,29,32)(H3,26,28,30,33). The number of aliphatic imine (C=N–C) groups is 1. The second-order valence-electron chi connectivity index (χ2n) is 8.73. The lowest BCUT2D eigenvalue weighted by atomic mass is 9.96. The number of aryl methyl sites for hydroxylation is 2. The van der Waals surface area contributed by atoms with Crippen molar-refractivity contribution < 1.29 is 4.79 Å². The Morgan fingerprint density at radius 1 is 1.27 bits per heavy atom. The Bertz CT molecular complexity index is 1230. The number of rotatable bonds is 5. The van der Waals surface area contributed by atoms with Crippen LogP contribution in [0.1, 0.15) is 29.8 Å². The average molecular weight is 447 g/mol.